The first-order valence-electron chi connectivity index (χ1n) is 6.39. The van der Waals surface area contributed by atoms with Crippen LogP contribution in [0.3, 0.4) is 0 Å². The second-order valence-corrected chi connectivity index (χ2v) is 4.73. The lowest BCUT2D eigenvalue weighted by atomic mass is 9.89. The molecule has 18 heavy (non-hydrogen) atoms. The second kappa shape index (κ2) is 4.76. The Morgan fingerprint density at radius 3 is 2.83 bits per heavy atom. The molecule has 0 aliphatic heterocycles. The van der Waals surface area contributed by atoms with Crippen molar-refractivity contribution in [1.29, 1.82) is 0 Å². The van der Waals surface area contributed by atoms with E-state index >= 15 is 0 Å². The maximum Gasteiger partial charge on any atom is 0.278 e. The van der Waals surface area contributed by atoms with E-state index in [1.807, 2.05) is 0 Å². The number of nitrogen functional groups attached to an aromatic ring is 1. The van der Waals surface area contributed by atoms with Gasteiger partial charge in [-0.3, -0.25) is 0 Å². The van der Waals surface area contributed by atoms with Crippen LogP contribution >= 0.6 is 0 Å². The molecule has 3 rings (SSSR count). The summed E-state index contributed by atoms with van der Waals surface area (Å²) in [4.78, 5) is 8.63. The van der Waals surface area contributed by atoms with Gasteiger partial charge in [0.15, 0.2) is 11.5 Å². The quantitative estimate of drug-likeness (QED) is 0.878. The van der Waals surface area contributed by atoms with Crippen molar-refractivity contribution in [2.75, 3.05) is 5.73 Å². The molecule has 0 bridgehead atoms. The first-order chi connectivity index (χ1) is 8.84. The molecule has 0 unspecified atom stereocenters. The smallest absolute Gasteiger partial charge is 0.278 e. The van der Waals surface area contributed by atoms with Crippen molar-refractivity contribution >= 4 is 5.69 Å². The molecule has 5 heteroatoms. The van der Waals surface area contributed by atoms with Crippen molar-refractivity contribution in [2.45, 2.75) is 38.0 Å². The first kappa shape index (κ1) is 11.2. The summed E-state index contributed by atoms with van der Waals surface area (Å²) in [6.45, 7) is 0. The highest BCUT2D eigenvalue weighted by Gasteiger charge is 2.22. The summed E-state index contributed by atoms with van der Waals surface area (Å²) in [6, 6.07) is 3.57. The highest BCUT2D eigenvalue weighted by atomic mass is 16.5. The zero-order valence-electron chi connectivity index (χ0n) is 10.2. The molecular weight excluding hydrogens is 228 g/mol. The Labute approximate surface area is 105 Å². The van der Waals surface area contributed by atoms with E-state index in [1.165, 1.54) is 19.3 Å². The van der Waals surface area contributed by atoms with Gasteiger partial charge in [0.2, 0.25) is 0 Å². The Balaban J connectivity index is 1.87. The van der Waals surface area contributed by atoms with Gasteiger partial charge in [0.05, 0.1) is 5.69 Å². The van der Waals surface area contributed by atoms with Crippen LogP contribution in [0.15, 0.2) is 22.9 Å². The van der Waals surface area contributed by atoms with Gasteiger partial charge in [0.1, 0.15) is 0 Å². The van der Waals surface area contributed by atoms with E-state index < -0.39 is 0 Å². The predicted molar refractivity (Wildman–Crippen MR) is 67.8 cm³/mol. The monoisotopic (exact) mass is 244 g/mol. The Kier molecular flexibility index (Phi) is 2.96. The minimum Gasteiger partial charge on any atom is -0.397 e. The third-order valence-corrected chi connectivity index (χ3v) is 3.45. The van der Waals surface area contributed by atoms with Gasteiger partial charge in [-0.15, -0.1) is 0 Å². The molecule has 0 amide bonds. The molecule has 2 aromatic rings. The second-order valence-electron chi connectivity index (χ2n) is 4.73. The molecule has 2 N–H and O–H groups in total. The fourth-order valence-electron chi connectivity index (χ4n) is 2.45. The normalized spacial score (nSPS) is 16.9. The van der Waals surface area contributed by atoms with Gasteiger partial charge in [0, 0.05) is 12.1 Å². The highest BCUT2D eigenvalue weighted by molar-refractivity contribution is 5.65. The number of nitrogens with zero attached hydrogens (tertiary/aromatic N) is 3. The minimum atomic E-state index is 0.425. The fraction of sp³-hybridized carbons (Fsp3) is 0.462. The zero-order chi connectivity index (χ0) is 12.4. The van der Waals surface area contributed by atoms with Crippen LogP contribution in [-0.2, 0) is 0 Å². The molecule has 2 aromatic heterocycles. The van der Waals surface area contributed by atoms with E-state index in [4.69, 9.17) is 10.3 Å². The maximum absolute atomic E-state index is 5.85. The van der Waals surface area contributed by atoms with Gasteiger partial charge in [0.25, 0.3) is 5.89 Å². The molecule has 1 aliphatic rings. The Hall–Kier alpha value is -1.91. The van der Waals surface area contributed by atoms with Crippen molar-refractivity contribution < 1.29 is 4.52 Å². The average Bonchev–Trinajstić information content (AvgIpc) is 2.90. The molecule has 5 nitrogen and oxygen atoms in total. The van der Waals surface area contributed by atoms with Gasteiger partial charge < -0.3 is 10.3 Å². The van der Waals surface area contributed by atoms with Gasteiger partial charge >= 0.3 is 0 Å². The van der Waals surface area contributed by atoms with Crippen molar-refractivity contribution in [2.24, 2.45) is 0 Å². The molecule has 0 aromatic carbocycles. The summed E-state index contributed by atoms with van der Waals surface area (Å²) in [5.74, 6) is 1.66. The van der Waals surface area contributed by atoms with Crippen LogP contribution in [0.4, 0.5) is 5.69 Å². The first-order valence-corrected chi connectivity index (χ1v) is 6.39. The van der Waals surface area contributed by atoms with E-state index in [0.29, 0.717) is 23.2 Å². The molecule has 0 saturated heterocycles. The Morgan fingerprint density at radius 2 is 2.06 bits per heavy atom. The summed E-state index contributed by atoms with van der Waals surface area (Å²) in [6.07, 6.45) is 7.79. The molecule has 94 valence electrons. The molecule has 0 radical (unpaired) electrons. The van der Waals surface area contributed by atoms with Crippen LogP contribution in [0, 0.1) is 0 Å². The number of hydrogen-bond donors (Lipinski definition) is 1. The lowest BCUT2D eigenvalue weighted by Crippen LogP contribution is -2.06. The van der Waals surface area contributed by atoms with E-state index in [0.717, 1.165) is 18.7 Å². The number of pyridine rings is 1. The Bertz CT molecular complexity index is 531. The molecular formula is C13H16N4O. The SMILES string of the molecule is Nc1cccnc1-c1nc(C2CCCCC2)no1. The lowest BCUT2D eigenvalue weighted by Gasteiger charge is -2.17. The van der Waals surface area contributed by atoms with Crippen LogP contribution in [0.25, 0.3) is 11.6 Å². The number of rotatable bonds is 2. The molecule has 1 saturated carbocycles. The van der Waals surface area contributed by atoms with Crippen molar-refractivity contribution in [3.05, 3.63) is 24.2 Å². The number of hydrogen-bond acceptors (Lipinski definition) is 5. The summed E-state index contributed by atoms with van der Waals surface area (Å²) >= 11 is 0. The van der Waals surface area contributed by atoms with E-state index in [-0.39, 0.29) is 0 Å². The number of nitrogens with two attached hydrogens (primary N) is 1. The topological polar surface area (TPSA) is 77.8 Å². The lowest BCUT2D eigenvalue weighted by molar-refractivity contribution is 0.385. The van der Waals surface area contributed by atoms with Crippen molar-refractivity contribution in [1.82, 2.24) is 15.1 Å². The molecule has 0 atom stereocenters. The highest BCUT2D eigenvalue weighted by Crippen LogP contribution is 2.32. The van der Waals surface area contributed by atoms with Crippen molar-refractivity contribution in [3.8, 4) is 11.6 Å². The van der Waals surface area contributed by atoms with Crippen LogP contribution in [0.5, 0.6) is 0 Å². The van der Waals surface area contributed by atoms with Crippen LogP contribution in [0.2, 0.25) is 0 Å². The summed E-state index contributed by atoms with van der Waals surface area (Å²) < 4.78 is 5.28. The zero-order valence-corrected chi connectivity index (χ0v) is 10.2. The van der Waals surface area contributed by atoms with Crippen LogP contribution in [0.1, 0.15) is 43.8 Å². The van der Waals surface area contributed by atoms with E-state index in [2.05, 4.69) is 15.1 Å². The molecule has 0 spiro atoms. The third kappa shape index (κ3) is 2.08. The Morgan fingerprint density at radius 1 is 1.22 bits per heavy atom. The van der Waals surface area contributed by atoms with Gasteiger partial charge in [-0.1, -0.05) is 24.4 Å². The van der Waals surface area contributed by atoms with E-state index in [1.54, 1.807) is 18.3 Å². The predicted octanol–water partition coefficient (Wildman–Crippen LogP) is 2.76. The summed E-state index contributed by atoms with van der Waals surface area (Å²) in [5, 5.41) is 4.08. The van der Waals surface area contributed by atoms with Crippen LogP contribution < -0.4 is 5.73 Å². The molecule has 2 heterocycles. The van der Waals surface area contributed by atoms with Gasteiger partial charge in [-0.2, -0.15) is 4.98 Å². The molecule has 1 aliphatic carbocycles. The van der Waals surface area contributed by atoms with Crippen LogP contribution in [-0.4, -0.2) is 15.1 Å². The molecule has 1 fully saturated rings. The standard InChI is InChI=1S/C13H16N4O/c14-10-7-4-8-15-11(10)13-16-12(17-18-13)9-5-2-1-3-6-9/h4,7-9H,1-3,5-6,14H2. The fourth-order valence-corrected chi connectivity index (χ4v) is 2.45. The average molecular weight is 244 g/mol. The number of aromatic nitrogens is 3. The van der Waals surface area contributed by atoms with Gasteiger partial charge in [-0.05, 0) is 25.0 Å². The number of anilines is 1. The van der Waals surface area contributed by atoms with Crippen molar-refractivity contribution in [3.63, 3.8) is 0 Å². The minimum absolute atomic E-state index is 0.425. The van der Waals surface area contributed by atoms with Gasteiger partial charge in [-0.25, -0.2) is 4.98 Å². The third-order valence-electron chi connectivity index (χ3n) is 3.45. The summed E-state index contributed by atoms with van der Waals surface area (Å²) in [5.41, 5.74) is 6.99. The maximum atomic E-state index is 5.85. The largest absolute Gasteiger partial charge is 0.397 e. The summed E-state index contributed by atoms with van der Waals surface area (Å²) in [7, 11) is 0. The van der Waals surface area contributed by atoms with E-state index in [9.17, 15) is 0 Å².